The first kappa shape index (κ1) is 18.0. The van der Waals surface area contributed by atoms with Crippen LogP contribution in [0.3, 0.4) is 0 Å². The predicted octanol–water partition coefficient (Wildman–Crippen LogP) is 0.344. The zero-order chi connectivity index (χ0) is 18.8. The van der Waals surface area contributed by atoms with E-state index in [4.69, 9.17) is 26.2 Å². The van der Waals surface area contributed by atoms with Crippen molar-refractivity contribution >= 4 is 40.8 Å². The molecule has 3 rings (SSSR count). The number of methoxy groups -OCH3 is 1. The van der Waals surface area contributed by atoms with Gasteiger partial charge in [-0.2, -0.15) is 0 Å². The number of hydrogen-bond donors (Lipinski definition) is 3. The number of esters is 1. The van der Waals surface area contributed by atoms with Gasteiger partial charge < -0.3 is 30.1 Å². The van der Waals surface area contributed by atoms with Crippen molar-refractivity contribution in [1.29, 1.82) is 0 Å². The fraction of sp³-hybridized carbons (Fsp3) is 0.312. The highest BCUT2D eigenvalue weighted by Gasteiger charge is 2.34. The molecule has 0 atom stereocenters. The van der Waals surface area contributed by atoms with Crippen molar-refractivity contribution in [2.24, 2.45) is 0 Å². The number of amides is 2. The summed E-state index contributed by atoms with van der Waals surface area (Å²) in [5.74, 6) is -1.10. The summed E-state index contributed by atoms with van der Waals surface area (Å²) >= 11 is 6.17. The van der Waals surface area contributed by atoms with Gasteiger partial charge in [-0.3, -0.25) is 9.59 Å². The number of carbonyl (C=O) groups excluding carboxylic acids is 3. The zero-order valence-electron chi connectivity index (χ0n) is 13.8. The van der Waals surface area contributed by atoms with E-state index in [1.54, 1.807) is 6.07 Å². The van der Waals surface area contributed by atoms with Gasteiger partial charge in [0.1, 0.15) is 5.70 Å². The Morgan fingerprint density at radius 2 is 2.23 bits per heavy atom. The second-order valence-corrected chi connectivity index (χ2v) is 6.00. The molecule has 2 aliphatic rings. The van der Waals surface area contributed by atoms with Crippen LogP contribution in [0, 0.1) is 0 Å². The highest BCUT2D eigenvalue weighted by molar-refractivity contribution is 6.33. The molecule has 0 fully saturated rings. The number of benzene rings is 1. The van der Waals surface area contributed by atoms with Crippen LogP contribution in [0.2, 0.25) is 5.02 Å². The van der Waals surface area contributed by atoms with Gasteiger partial charge in [0.05, 0.1) is 36.5 Å². The van der Waals surface area contributed by atoms with Gasteiger partial charge in [0.15, 0.2) is 12.4 Å². The quantitative estimate of drug-likeness (QED) is 0.630. The lowest BCUT2D eigenvalue weighted by Gasteiger charge is -2.20. The van der Waals surface area contributed by atoms with E-state index in [9.17, 15) is 14.4 Å². The molecular formula is C16H16ClN3O6. The molecule has 0 spiro atoms. The number of β-amino-alcohol motifs (C(OH)–C–C–N with tert-alkyl or cyclic N) is 1. The third-order valence-electron chi connectivity index (χ3n) is 3.89. The summed E-state index contributed by atoms with van der Waals surface area (Å²) in [4.78, 5) is 37.3. The molecule has 138 valence electrons. The first-order valence-electron chi connectivity index (χ1n) is 7.69. The number of anilines is 2. The molecule has 0 aliphatic carbocycles. The molecule has 1 aromatic carbocycles. The third-order valence-corrected chi connectivity index (χ3v) is 4.17. The smallest absolute Gasteiger partial charge is 0.337 e. The average molecular weight is 382 g/mol. The van der Waals surface area contributed by atoms with Crippen molar-refractivity contribution in [3.63, 3.8) is 0 Å². The van der Waals surface area contributed by atoms with Crippen LogP contribution >= 0.6 is 11.6 Å². The van der Waals surface area contributed by atoms with E-state index in [-0.39, 0.29) is 48.5 Å². The van der Waals surface area contributed by atoms with E-state index in [2.05, 4.69) is 10.6 Å². The van der Waals surface area contributed by atoms with E-state index in [1.807, 2.05) is 0 Å². The van der Waals surface area contributed by atoms with Crippen LogP contribution in [0.1, 0.15) is 0 Å². The van der Waals surface area contributed by atoms with Crippen LogP contribution in [0.5, 0.6) is 5.75 Å². The second kappa shape index (κ2) is 7.22. The van der Waals surface area contributed by atoms with Crippen molar-refractivity contribution in [2.75, 3.05) is 44.0 Å². The van der Waals surface area contributed by atoms with Crippen LogP contribution in [0.15, 0.2) is 23.4 Å². The molecule has 9 nitrogen and oxygen atoms in total. The lowest BCUT2D eigenvalue weighted by Crippen LogP contribution is -2.31. The average Bonchev–Trinajstić information content (AvgIpc) is 2.90. The summed E-state index contributed by atoms with van der Waals surface area (Å²) in [6.45, 7) is -0.264. The fourth-order valence-corrected chi connectivity index (χ4v) is 3.00. The maximum Gasteiger partial charge on any atom is 0.337 e. The van der Waals surface area contributed by atoms with Crippen molar-refractivity contribution in [2.45, 2.75) is 0 Å². The summed E-state index contributed by atoms with van der Waals surface area (Å²) in [5.41, 5.74) is 0.911. The van der Waals surface area contributed by atoms with Crippen LogP contribution in [0.25, 0.3) is 0 Å². The molecule has 0 bridgehead atoms. The van der Waals surface area contributed by atoms with E-state index >= 15 is 0 Å². The van der Waals surface area contributed by atoms with Gasteiger partial charge in [0, 0.05) is 12.2 Å². The molecule has 1 aromatic rings. The minimum Gasteiger partial charge on any atom is -0.480 e. The van der Waals surface area contributed by atoms with Crippen LogP contribution < -0.4 is 15.4 Å². The van der Waals surface area contributed by atoms with E-state index in [0.717, 1.165) is 0 Å². The number of nitrogens with one attached hydrogen (secondary N) is 2. The largest absolute Gasteiger partial charge is 0.480 e. The first-order chi connectivity index (χ1) is 12.4. The SMILES string of the molecule is COC(=O)C1=C(Nc2cc(Cl)c3c(c2)NC(=O)CO3)C(=O)N(CCO)C1. The molecule has 2 aliphatic heterocycles. The van der Waals surface area contributed by atoms with Gasteiger partial charge in [0.2, 0.25) is 0 Å². The summed E-state index contributed by atoms with van der Waals surface area (Å²) in [7, 11) is 1.22. The first-order valence-corrected chi connectivity index (χ1v) is 8.07. The Morgan fingerprint density at radius 1 is 1.46 bits per heavy atom. The van der Waals surface area contributed by atoms with Crippen molar-refractivity contribution < 1.29 is 29.0 Å². The Kier molecular flexibility index (Phi) is 5.01. The van der Waals surface area contributed by atoms with Crippen molar-refractivity contribution in [3.05, 3.63) is 28.4 Å². The van der Waals surface area contributed by atoms with Gasteiger partial charge >= 0.3 is 5.97 Å². The van der Waals surface area contributed by atoms with Gasteiger partial charge in [-0.15, -0.1) is 0 Å². The van der Waals surface area contributed by atoms with Crippen LogP contribution in [-0.4, -0.2) is 61.2 Å². The number of carbonyl (C=O) groups is 3. The molecule has 0 radical (unpaired) electrons. The molecule has 26 heavy (non-hydrogen) atoms. The Hall–Kier alpha value is -2.78. The molecule has 0 saturated heterocycles. The monoisotopic (exact) mass is 381 g/mol. The molecule has 0 aromatic heterocycles. The Balaban J connectivity index is 1.94. The maximum absolute atomic E-state index is 12.5. The third kappa shape index (κ3) is 3.31. The highest BCUT2D eigenvalue weighted by Crippen LogP contribution is 2.39. The topological polar surface area (TPSA) is 117 Å². The van der Waals surface area contributed by atoms with E-state index in [1.165, 1.54) is 18.1 Å². The molecular weight excluding hydrogens is 366 g/mol. The standard InChI is InChI=1S/C16H16ClN3O6/c1-25-16(24)9-6-20(2-3-21)15(23)13(9)18-8-4-10(17)14-11(5-8)19-12(22)7-26-14/h4-5,18,21H,2-3,6-7H2,1H3,(H,19,22). The van der Waals surface area contributed by atoms with E-state index < -0.39 is 11.9 Å². The Labute approximate surface area is 153 Å². The molecule has 0 saturated carbocycles. The predicted molar refractivity (Wildman–Crippen MR) is 91.9 cm³/mol. The number of aliphatic hydroxyl groups excluding tert-OH is 1. The van der Waals surface area contributed by atoms with Gasteiger partial charge in [0.25, 0.3) is 11.8 Å². The minimum atomic E-state index is -0.651. The number of halogens is 1. The number of nitrogens with zero attached hydrogens (tertiary/aromatic N) is 1. The van der Waals surface area contributed by atoms with Crippen molar-refractivity contribution in [3.8, 4) is 5.75 Å². The van der Waals surface area contributed by atoms with Crippen LogP contribution in [-0.2, 0) is 19.1 Å². The number of rotatable bonds is 5. The highest BCUT2D eigenvalue weighted by atomic mass is 35.5. The van der Waals surface area contributed by atoms with Gasteiger partial charge in [-0.25, -0.2) is 4.79 Å². The van der Waals surface area contributed by atoms with Gasteiger partial charge in [-0.1, -0.05) is 11.6 Å². The summed E-state index contributed by atoms with van der Waals surface area (Å²) in [6.07, 6.45) is 0. The van der Waals surface area contributed by atoms with Gasteiger partial charge in [-0.05, 0) is 12.1 Å². The molecule has 2 heterocycles. The summed E-state index contributed by atoms with van der Waals surface area (Å²) in [6, 6.07) is 3.06. The Morgan fingerprint density at radius 3 is 2.92 bits per heavy atom. The molecule has 3 N–H and O–H groups in total. The second-order valence-electron chi connectivity index (χ2n) is 5.59. The lowest BCUT2D eigenvalue weighted by atomic mass is 10.2. The lowest BCUT2D eigenvalue weighted by molar-refractivity contribution is -0.136. The summed E-state index contributed by atoms with van der Waals surface area (Å²) < 4.78 is 10.0. The fourth-order valence-electron chi connectivity index (χ4n) is 2.72. The summed E-state index contributed by atoms with van der Waals surface area (Å²) in [5, 5.41) is 14.8. The minimum absolute atomic E-state index is 0.0208. The zero-order valence-corrected chi connectivity index (χ0v) is 14.6. The maximum atomic E-state index is 12.5. The number of hydrogen-bond acceptors (Lipinski definition) is 7. The normalized spacial score (nSPS) is 16.2. The van der Waals surface area contributed by atoms with E-state index in [0.29, 0.717) is 17.1 Å². The Bertz CT molecular complexity index is 822. The number of aliphatic hydroxyl groups is 1. The molecule has 2 amide bonds. The number of fused-ring (bicyclic) bond motifs is 1. The molecule has 0 unspecified atom stereocenters. The number of ether oxygens (including phenoxy) is 2. The molecule has 10 heteroatoms. The van der Waals surface area contributed by atoms with Crippen LogP contribution in [0.4, 0.5) is 11.4 Å². The van der Waals surface area contributed by atoms with Crippen molar-refractivity contribution in [1.82, 2.24) is 4.90 Å².